The maximum absolute atomic E-state index is 14.7. The predicted molar refractivity (Wildman–Crippen MR) is 163 cm³/mol. The zero-order chi connectivity index (χ0) is 29.8. The minimum atomic E-state index is -0.617. The van der Waals surface area contributed by atoms with E-state index in [1.54, 1.807) is 30.3 Å². The number of halogens is 1. The lowest BCUT2D eigenvalue weighted by atomic mass is 10.1. The Bertz CT molecular complexity index is 1660. The Morgan fingerprint density at radius 1 is 0.814 bits per heavy atom. The first-order valence-electron chi connectivity index (χ1n) is 14.6. The van der Waals surface area contributed by atoms with Crippen molar-refractivity contribution in [2.75, 3.05) is 56.6 Å². The Morgan fingerprint density at radius 2 is 1.56 bits per heavy atom. The van der Waals surface area contributed by atoms with Crippen molar-refractivity contribution in [3.63, 3.8) is 0 Å². The van der Waals surface area contributed by atoms with Gasteiger partial charge in [-0.05, 0) is 86.7 Å². The number of fused-ring (bicyclic) bond motifs is 2. The van der Waals surface area contributed by atoms with Crippen molar-refractivity contribution in [1.82, 2.24) is 14.8 Å². The molecule has 4 aromatic rings. The second-order valence-electron chi connectivity index (χ2n) is 10.7. The summed E-state index contributed by atoms with van der Waals surface area (Å²) in [5, 5.41) is 6.20. The highest BCUT2D eigenvalue weighted by molar-refractivity contribution is 6.07. The molecule has 43 heavy (non-hydrogen) atoms. The summed E-state index contributed by atoms with van der Waals surface area (Å²) in [6, 6.07) is 18.1. The normalized spacial score (nSPS) is 15.6. The van der Waals surface area contributed by atoms with E-state index in [2.05, 4.69) is 27.4 Å². The molecule has 6 rings (SSSR count). The van der Waals surface area contributed by atoms with Crippen molar-refractivity contribution in [3.8, 4) is 11.5 Å². The van der Waals surface area contributed by atoms with Crippen LogP contribution >= 0.6 is 0 Å². The van der Waals surface area contributed by atoms with Crippen LogP contribution in [0, 0.1) is 5.82 Å². The van der Waals surface area contributed by atoms with Crippen molar-refractivity contribution in [2.24, 2.45) is 0 Å². The molecule has 0 atom stereocenters. The maximum Gasteiger partial charge on any atom is 0.255 e. The fraction of sp³-hybridized carbons (Fsp3) is 0.303. The fourth-order valence-electron chi connectivity index (χ4n) is 5.41. The number of nitrogens with one attached hydrogen (secondary N) is 2. The van der Waals surface area contributed by atoms with Gasteiger partial charge in [-0.2, -0.15) is 0 Å². The van der Waals surface area contributed by atoms with Crippen LogP contribution < -0.4 is 20.1 Å². The predicted octanol–water partition coefficient (Wildman–Crippen LogP) is 5.18. The highest BCUT2D eigenvalue weighted by Crippen LogP contribution is 2.31. The van der Waals surface area contributed by atoms with Crippen LogP contribution in [0.5, 0.6) is 11.5 Å². The van der Waals surface area contributed by atoms with E-state index in [4.69, 9.17) is 14.5 Å². The molecule has 1 aromatic heterocycles. The second-order valence-corrected chi connectivity index (χ2v) is 10.7. The quantitative estimate of drug-likeness (QED) is 0.310. The number of aromatic nitrogens is 1. The molecule has 3 heterocycles. The van der Waals surface area contributed by atoms with E-state index < -0.39 is 17.6 Å². The van der Waals surface area contributed by atoms with Crippen LogP contribution in [-0.2, 0) is 6.54 Å². The highest BCUT2D eigenvalue weighted by atomic mass is 19.1. The molecule has 2 aliphatic rings. The van der Waals surface area contributed by atoms with Crippen molar-refractivity contribution in [3.05, 3.63) is 89.4 Å². The number of nitrogens with zero attached hydrogens (tertiary/aromatic N) is 3. The van der Waals surface area contributed by atoms with Gasteiger partial charge in [0.05, 0.1) is 16.9 Å². The third-order valence-electron chi connectivity index (χ3n) is 7.80. The molecule has 1 saturated heterocycles. The van der Waals surface area contributed by atoms with Gasteiger partial charge in [-0.3, -0.25) is 19.5 Å². The van der Waals surface area contributed by atoms with E-state index in [0.29, 0.717) is 41.5 Å². The average Bonchev–Trinajstić information content (AvgIpc) is 3.27. The summed E-state index contributed by atoms with van der Waals surface area (Å²) in [6.45, 7) is 9.20. The number of pyridine rings is 1. The van der Waals surface area contributed by atoms with Crippen molar-refractivity contribution in [1.29, 1.82) is 0 Å². The van der Waals surface area contributed by atoms with Gasteiger partial charge in [-0.15, -0.1) is 0 Å². The number of carbonyl (C=O) groups excluding carboxylic acids is 2. The van der Waals surface area contributed by atoms with Crippen LogP contribution in [0.3, 0.4) is 0 Å². The first kappa shape index (κ1) is 28.6. The standard InChI is InChI=1S/C33H34FN5O4/c1-2-38-12-3-13-39(15-14-38)21-26-7-4-22-18-23(5-10-28(22)35-26)33(41)37-29-20-25(8-9-27(29)34)36-32(40)24-6-11-30-31(19-24)43-17-16-42-30/h4-11,18-20H,2-3,12-17,21H2,1H3,(H,36,40)(H,37,41). The summed E-state index contributed by atoms with van der Waals surface area (Å²) >= 11 is 0. The largest absolute Gasteiger partial charge is 0.486 e. The van der Waals surface area contributed by atoms with E-state index in [-0.39, 0.29) is 5.69 Å². The van der Waals surface area contributed by atoms with E-state index in [0.717, 1.165) is 62.3 Å². The monoisotopic (exact) mass is 583 g/mol. The van der Waals surface area contributed by atoms with Gasteiger partial charge in [0.25, 0.3) is 11.8 Å². The summed E-state index contributed by atoms with van der Waals surface area (Å²) < 4.78 is 25.7. The van der Waals surface area contributed by atoms with Crippen LogP contribution in [0.2, 0.25) is 0 Å². The molecule has 222 valence electrons. The second kappa shape index (κ2) is 12.8. The fourth-order valence-corrected chi connectivity index (χ4v) is 5.41. The molecule has 0 saturated carbocycles. The zero-order valence-corrected chi connectivity index (χ0v) is 24.1. The summed E-state index contributed by atoms with van der Waals surface area (Å²) in [5.74, 6) is -0.413. The third kappa shape index (κ3) is 6.76. The van der Waals surface area contributed by atoms with Gasteiger partial charge in [0.2, 0.25) is 0 Å². The van der Waals surface area contributed by atoms with Crippen molar-refractivity contribution >= 4 is 34.1 Å². The molecule has 0 aliphatic carbocycles. The van der Waals surface area contributed by atoms with Crippen LogP contribution in [0.15, 0.2) is 66.7 Å². The van der Waals surface area contributed by atoms with Crippen molar-refractivity contribution < 1.29 is 23.5 Å². The molecule has 2 N–H and O–H groups in total. The number of benzene rings is 3. The molecule has 9 nitrogen and oxygen atoms in total. The first-order valence-corrected chi connectivity index (χ1v) is 14.6. The molecule has 2 amide bonds. The summed E-state index contributed by atoms with van der Waals surface area (Å²) in [7, 11) is 0. The molecule has 1 fully saturated rings. The molecule has 0 bridgehead atoms. The van der Waals surface area contributed by atoms with Crippen LogP contribution in [0.1, 0.15) is 39.8 Å². The van der Waals surface area contributed by atoms with E-state index in [1.165, 1.54) is 18.2 Å². The lowest BCUT2D eigenvalue weighted by Gasteiger charge is -2.20. The van der Waals surface area contributed by atoms with Gasteiger partial charge in [-0.1, -0.05) is 13.0 Å². The maximum atomic E-state index is 14.7. The summed E-state index contributed by atoms with van der Waals surface area (Å²) in [4.78, 5) is 35.7. The summed E-state index contributed by atoms with van der Waals surface area (Å²) in [6.07, 6.45) is 1.15. The molecule has 0 radical (unpaired) electrons. The highest BCUT2D eigenvalue weighted by Gasteiger charge is 2.18. The van der Waals surface area contributed by atoms with Crippen LogP contribution in [0.25, 0.3) is 10.9 Å². The first-order chi connectivity index (χ1) is 20.9. The summed E-state index contributed by atoms with van der Waals surface area (Å²) in [5.41, 5.74) is 2.82. The lowest BCUT2D eigenvalue weighted by molar-refractivity contribution is 0.101. The van der Waals surface area contributed by atoms with Gasteiger partial charge in [0.15, 0.2) is 11.5 Å². The number of amides is 2. The number of rotatable bonds is 7. The average molecular weight is 584 g/mol. The van der Waals surface area contributed by atoms with E-state index >= 15 is 0 Å². The van der Waals surface area contributed by atoms with Gasteiger partial charge in [-0.25, -0.2) is 4.39 Å². The SMILES string of the molecule is CCN1CCCN(Cc2ccc3cc(C(=O)Nc4cc(NC(=O)c5ccc6c(c5)OCCO6)ccc4F)ccc3n2)CC1. The molecular formula is C33H34FN5O4. The Morgan fingerprint density at radius 3 is 2.42 bits per heavy atom. The van der Waals surface area contributed by atoms with Crippen LogP contribution in [0.4, 0.5) is 15.8 Å². The van der Waals surface area contributed by atoms with Gasteiger partial charge < -0.3 is 25.0 Å². The number of hydrogen-bond acceptors (Lipinski definition) is 7. The van der Waals surface area contributed by atoms with Gasteiger partial charge >= 0.3 is 0 Å². The molecule has 3 aromatic carbocycles. The van der Waals surface area contributed by atoms with E-state index in [1.807, 2.05) is 18.2 Å². The molecule has 0 spiro atoms. The topological polar surface area (TPSA) is 96.0 Å². The lowest BCUT2D eigenvalue weighted by Crippen LogP contribution is -2.30. The van der Waals surface area contributed by atoms with Crippen LogP contribution in [-0.4, -0.2) is 72.5 Å². The number of likely N-dealkylation sites (N-methyl/N-ethyl adjacent to an activating group) is 1. The Kier molecular flexibility index (Phi) is 8.48. The number of ether oxygens (including phenoxy) is 2. The Hall–Kier alpha value is -4.54. The third-order valence-corrected chi connectivity index (χ3v) is 7.80. The molecule has 10 heteroatoms. The Balaban J connectivity index is 1.11. The molecule has 0 unspecified atom stereocenters. The number of carbonyl (C=O) groups is 2. The van der Waals surface area contributed by atoms with E-state index in [9.17, 15) is 14.0 Å². The van der Waals surface area contributed by atoms with Crippen molar-refractivity contribution in [2.45, 2.75) is 19.9 Å². The number of hydrogen-bond donors (Lipinski definition) is 2. The number of anilines is 2. The van der Waals surface area contributed by atoms with Gasteiger partial charge in [0.1, 0.15) is 19.0 Å². The Labute approximate surface area is 249 Å². The molecular weight excluding hydrogens is 549 g/mol. The minimum Gasteiger partial charge on any atom is -0.486 e. The van der Waals surface area contributed by atoms with Gasteiger partial charge in [0, 0.05) is 41.8 Å². The minimum absolute atomic E-state index is 0.0439. The smallest absolute Gasteiger partial charge is 0.255 e. The molecule has 2 aliphatic heterocycles. The zero-order valence-electron chi connectivity index (χ0n) is 24.1.